The molecule has 2 aliphatic heterocycles. The van der Waals surface area contributed by atoms with Crippen molar-refractivity contribution in [3.05, 3.63) is 82.0 Å². The summed E-state index contributed by atoms with van der Waals surface area (Å²) >= 11 is 1.43. The first kappa shape index (κ1) is 26.3. The molecule has 37 heavy (non-hydrogen) atoms. The van der Waals surface area contributed by atoms with Gasteiger partial charge >= 0.3 is 5.97 Å². The number of fused-ring (bicyclic) bond motifs is 1. The van der Waals surface area contributed by atoms with Crippen LogP contribution in [0.4, 0.5) is 0 Å². The summed E-state index contributed by atoms with van der Waals surface area (Å²) < 4.78 is 16.9. The first-order valence-corrected chi connectivity index (χ1v) is 12.9. The van der Waals surface area contributed by atoms with Crippen LogP contribution in [-0.4, -0.2) is 54.7 Å². The Bertz CT molecular complexity index is 1270. The van der Waals surface area contributed by atoms with Crippen LogP contribution in [0.1, 0.15) is 37.4 Å². The molecule has 0 saturated heterocycles. The Balaban J connectivity index is 1.76. The minimum Gasteiger partial charge on any atom is -0.497 e. The highest BCUT2D eigenvalue weighted by molar-refractivity contribution is 8.16. The lowest BCUT2D eigenvalue weighted by Crippen LogP contribution is -2.38. The highest BCUT2D eigenvalue weighted by Crippen LogP contribution is 2.47. The van der Waals surface area contributed by atoms with Gasteiger partial charge in [0.25, 0.3) is 0 Å². The topological polar surface area (TPSA) is 80.7 Å². The van der Waals surface area contributed by atoms with E-state index in [1.54, 1.807) is 39.2 Å². The average molecular weight is 522 g/mol. The molecule has 1 unspecified atom stereocenters. The van der Waals surface area contributed by atoms with Crippen LogP contribution in [0.2, 0.25) is 0 Å². The largest absolute Gasteiger partial charge is 0.497 e. The standard InChI is InChI=1S/C28H31N3O5S/c1-6-30(3)24(32)14-20-17-37-28-29-18(2)25(27(33)36-16-19-10-8-7-9-11-19)26(31(20)28)22-13-12-21(34-4)15-23(22)35-5/h7-13,15,17,26H,6,14,16H2,1-5H3. The molecule has 2 aromatic carbocycles. The van der Waals surface area contributed by atoms with Crippen LogP contribution >= 0.6 is 11.8 Å². The molecular weight excluding hydrogens is 490 g/mol. The second-order valence-corrected chi connectivity index (χ2v) is 9.48. The number of allylic oxidation sites excluding steroid dienone is 1. The lowest BCUT2D eigenvalue weighted by Gasteiger charge is -2.37. The van der Waals surface area contributed by atoms with E-state index in [1.807, 2.05) is 59.7 Å². The number of nitrogens with zero attached hydrogens (tertiary/aromatic N) is 3. The van der Waals surface area contributed by atoms with Gasteiger partial charge in [-0.1, -0.05) is 42.1 Å². The molecule has 0 aliphatic carbocycles. The number of ether oxygens (including phenoxy) is 3. The van der Waals surface area contributed by atoms with Gasteiger partial charge in [0.2, 0.25) is 5.91 Å². The van der Waals surface area contributed by atoms with Crippen LogP contribution < -0.4 is 9.47 Å². The molecular formula is C28H31N3O5S. The fourth-order valence-electron chi connectivity index (χ4n) is 4.24. The monoisotopic (exact) mass is 521 g/mol. The Hall–Kier alpha value is -3.72. The van der Waals surface area contributed by atoms with Crippen molar-refractivity contribution in [2.75, 3.05) is 27.8 Å². The maximum Gasteiger partial charge on any atom is 0.338 e. The zero-order valence-electron chi connectivity index (χ0n) is 21.7. The van der Waals surface area contributed by atoms with Crippen molar-refractivity contribution in [3.63, 3.8) is 0 Å². The maximum atomic E-state index is 13.6. The van der Waals surface area contributed by atoms with Gasteiger partial charge in [-0.05, 0) is 37.0 Å². The summed E-state index contributed by atoms with van der Waals surface area (Å²) in [6.45, 7) is 4.48. The third-order valence-electron chi connectivity index (χ3n) is 6.40. The van der Waals surface area contributed by atoms with E-state index >= 15 is 0 Å². The molecule has 4 rings (SSSR count). The normalized spacial score (nSPS) is 16.6. The second kappa shape index (κ2) is 11.6. The number of carbonyl (C=O) groups excluding carboxylic acids is 2. The van der Waals surface area contributed by atoms with Gasteiger partial charge in [0.15, 0.2) is 5.17 Å². The smallest absolute Gasteiger partial charge is 0.338 e. The maximum absolute atomic E-state index is 13.6. The molecule has 194 valence electrons. The Morgan fingerprint density at radius 3 is 2.54 bits per heavy atom. The Morgan fingerprint density at radius 1 is 1.11 bits per heavy atom. The molecule has 0 N–H and O–H groups in total. The third kappa shape index (κ3) is 5.51. The van der Waals surface area contributed by atoms with E-state index in [2.05, 4.69) is 0 Å². The fourth-order valence-corrected chi connectivity index (χ4v) is 5.20. The number of amides is 1. The van der Waals surface area contributed by atoms with Crippen molar-refractivity contribution < 1.29 is 23.8 Å². The van der Waals surface area contributed by atoms with Crippen LogP contribution in [-0.2, 0) is 20.9 Å². The van der Waals surface area contributed by atoms with Gasteiger partial charge in [-0.15, -0.1) is 0 Å². The van der Waals surface area contributed by atoms with Gasteiger partial charge in [-0.2, -0.15) is 0 Å². The van der Waals surface area contributed by atoms with Crippen LogP contribution in [0.3, 0.4) is 0 Å². The lowest BCUT2D eigenvalue weighted by atomic mass is 9.93. The number of amidine groups is 1. The SMILES string of the molecule is CCN(C)C(=O)CC1=CSC2=NC(C)=C(C(=O)OCc3ccccc3)C(c3ccc(OC)cc3OC)N12. The van der Waals surface area contributed by atoms with Gasteiger partial charge in [0.05, 0.1) is 38.0 Å². The van der Waals surface area contributed by atoms with Crippen LogP contribution in [0, 0.1) is 0 Å². The highest BCUT2D eigenvalue weighted by atomic mass is 32.2. The molecule has 0 spiro atoms. The van der Waals surface area contributed by atoms with Crippen molar-refractivity contribution >= 4 is 28.8 Å². The minimum atomic E-state index is -0.599. The molecule has 0 bridgehead atoms. The quantitative estimate of drug-likeness (QED) is 0.435. The first-order chi connectivity index (χ1) is 17.9. The summed E-state index contributed by atoms with van der Waals surface area (Å²) in [5.41, 5.74) is 3.35. The molecule has 2 heterocycles. The molecule has 0 saturated carbocycles. The Kier molecular flexibility index (Phi) is 8.23. The third-order valence-corrected chi connectivity index (χ3v) is 7.29. The summed E-state index contributed by atoms with van der Waals surface area (Å²) in [6, 6.07) is 14.4. The average Bonchev–Trinajstić information content (AvgIpc) is 3.32. The number of hydrogen-bond acceptors (Lipinski definition) is 8. The molecule has 0 fully saturated rings. The molecule has 1 atom stereocenters. The van der Waals surface area contributed by atoms with Gasteiger partial charge in [-0.3, -0.25) is 4.79 Å². The molecule has 9 heteroatoms. The van der Waals surface area contributed by atoms with E-state index < -0.39 is 12.0 Å². The fraction of sp³-hybridized carbons (Fsp3) is 0.321. The summed E-state index contributed by atoms with van der Waals surface area (Å²) in [7, 11) is 4.94. The van der Waals surface area contributed by atoms with Crippen molar-refractivity contribution in [1.29, 1.82) is 0 Å². The van der Waals surface area contributed by atoms with E-state index in [1.165, 1.54) is 11.8 Å². The molecule has 8 nitrogen and oxygen atoms in total. The van der Waals surface area contributed by atoms with Crippen LogP contribution in [0.25, 0.3) is 0 Å². The van der Waals surface area contributed by atoms with E-state index in [9.17, 15) is 9.59 Å². The van der Waals surface area contributed by atoms with Crippen LogP contribution in [0.5, 0.6) is 11.5 Å². The molecule has 1 amide bonds. The highest BCUT2D eigenvalue weighted by Gasteiger charge is 2.42. The predicted molar refractivity (Wildman–Crippen MR) is 144 cm³/mol. The van der Waals surface area contributed by atoms with E-state index in [4.69, 9.17) is 19.2 Å². The number of benzene rings is 2. The van der Waals surface area contributed by atoms with Crippen LogP contribution in [0.15, 0.2) is 75.9 Å². The molecule has 2 aromatic rings. The predicted octanol–water partition coefficient (Wildman–Crippen LogP) is 4.89. The van der Waals surface area contributed by atoms with Gasteiger partial charge in [-0.25, -0.2) is 9.79 Å². The Labute approximate surface area is 221 Å². The van der Waals surface area contributed by atoms with E-state index in [0.717, 1.165) is 16.8 Å². The number of thioether (sulfide) groups is 1. The van der Waals surface area contributed by atoms with Crippen molar-refractivity contribution in [2.24, 2.45) is 4.99 Å². The Morgan fingerprint density at radius 2 is 1.86 bits per heavy atom. The number of aliphatic imine (C=N–C) groups is 1. The number of rotatable bonds is 9. The number of methoxy groups -OCH3 is 2. The van der Waals surface area contributed by atoms with Crippen molar-refractivity contribution in [2.45, 2.75) is 32.9 Å². The number of esters is 1. The van der Waals surface area contributed by atoms with Crippen molar-refractivity contribution in [3.8, 4) is 11.5 Å². The molecule has 0 aromatic heterocycles. The first-order valence-electron chi connectivity index (χ1n) is 12.0. The minimum absolute atomic E-state index is 0.0180. The lowest BCUT2D eigenvalue weighted by molar-refractivity contribution is -0.141. The van der Waals surface area contributed by atoms with Crippen molar-refractivity contribution in [1.82, 2.24) is 9.80 Å². The number of hydrogen-bond donors (Lipinski definition) is 0. The van der Waals surface area contributed by atoms with Gasteiger partial charge < -0.3 is 24.0 Å². The molecule has 0 radical (unpaired) electrons. The number of carbonyl (C=O) groups is 2. The summed E-state index contributed by atoms with van der Waals surface area (Å²) in [5, 5.41) is 2.62. The van der Waals surface area contributed by atoms with E-state index in [-0.39, 0.29) is 18.9 Å². The van der Waals surface area contributed by atoms with Gasteiger partial charge in [0, 0.05) is 30.9 Å². The summed E-state index contributed by atoms with van der Waals surface area (Å²) in [4.78, 5) is 34.8. The van der Waals surface area contributed by atoms with E-state index in [0.29, 0.717) is 34.5 Å². The van der Waals surface area contributed by atoms with Gasteiger partial charge in [0.1, 0.15) is 18.1 Å². The summed E-state index contributed by atoms with van der Waals surface area (Å²) in [6.07, 6.45) is 0.177. The summed E-state index contributed by atoms with van der Waals surface area (Å²) in [5.74, 6) is 0.696. The second-order valence-electron chi connectivity index (χ2n) is 8.65. The molecule has 2 aliphatic rings. The zero-order chi connectivity index (χ0) is 26.5. The zero-order valence-corrected chi connectivity index (χ0v) is 22.5.